The SMILES string of the molecule is O=c1ccc(-c2ccc3ccccc3c2)c2n1CC1CC2CN(Cc2ccc(CO)o2)C1. The normalized spacial score (nSPS) is 20.4. The Labute approximate surface area is 186 Å². The lowest BCUT2D eigenvalue weighted by Gasteiger charge is -2.43. The van der Waals surface area contributed by atoms with Crippen molar-refractivity contribution >= 4 is 10.8 Å². The van der Waals surface area contributed by atoms with E-state index >= 15 is 0 Å². The molecular weight excluding hydrogens is 400 g/mol. The number of pyridine rings is 1. The third kappa shape index (κ3) is 3.38. The Morgan fingerprint density at radius 2 is 1.75 bits per heavy atom. The second-order valence-electron chi connectivity index (χ2n) is 9.16. The van der Waals surface area contributed by atoms with Crippen molar-refractivity contribution in [2.45, 2.75) is 32.0 Å². The number of furan rings is 1. The van der Waals surface area contributed by atoms with Crippen molar-refractivity contribution in [3.63, 3.8) is 0 Å². The van der Waals surface area contributed by atoms with Crippen LogP contribution in [-0.2, 0) is 19.7 Å². The molecule has 2 aliphatic heterocycles. The minimum absolute atomic E-state index is 0.0728. The molecule has 6 rings (SSSR count). The third-order valence-electron chi connectivity index (χ3n) is 6.98. The predicted octanol–water partition coefficient (Wildman–Crippen LogP) is 4.37. The van der Waals surface area contributed by atoms with Crippen LogP contribution in [0.4, 0.5) is 0 Å². The van der Waals surface area contributed by atoms with Gasteiger partial charge in [-0.15, -0.1) is 0 Å². The zero-order valence-corrected chi connectivity index (χ0v) is 17.9. The standard InChI is InChI=1S/C27H26N2O3/c30-17-24-8-7-23(32-24)16-28-13-18-11-22(15-28)27-25(9-10-26(31)29(27)14-18)21-6-5-19-3-1-2-4-20(19)12-21/h1-10,12,18,22,30H,11,13-17H2. The smallest absolute Gasteiger partial charge is 0.250 e. The molecule has 4 aromatic rings. The van der Waals surface area contributed by atoms with Gasteiger partial charge < -0.3 is 14.1 Å². The van der Waals surface area contributed by atoms with Gasteiger partial charge in [-0.2, -0.15) is 0 Å². The summed E-state index contributed by atoms with van der Waals surface area (Å²) in [6.07, 6.45) is 1.11. The van der Waals surface area contributed by atoms with Gasteiger partial charge in [0.2, 0.25) is 0 Å². The number of piperidine rings is 1. The maximum absolute atomic E-state index is 12.8. The minimum Gasteiger partial charge on any atom is -0.462 e. The molecule has 5 nitrogen and oxygen atoms in total. The summed E-state index contributed by atoms with van der Waals surface area (Å²) in [5, 5.41) is 11.7. The summed E-state index contributed by atoms with van der Waals surface area (Å²) in [5.41, 5.74) is 3.61. The molecule has 0 saturated carbocycles. The van der Waals surface area contributed by atoms with Gasteiger partial charge in [-0.25, -0.2) is 0 Å². The van der Waals surface area contributed by atoms with Gasteiger partial charge in [-0.1, -0.05) is 36.4 Å². The van der Waals surface area contributed by atoms with Crippen molar-refractivity contribution in [3.05, 3.63) is 94.3 Å². The highest BCUT2D eigenvalue weighted by atomic mass is 16.4. The van der Waals surface area contributed by atoms with Crippen LogP contribution in [0.5, 0.6) is 0 Å². The van der Waals surface area contributed by atoms with E-state index in [0.29, 0.717) is 17.6 Å². The first-order valence-electron chi connectivity index (χ1n) is 11.3. The molecule has 2 aromatic heterocycles. The summed E-state index contributed by atoms with van der Waals surface area (Å²) in [6.45, 7) is 3.28. The number of hydrogen-bond acceptors (Lipinski definition) is 4. The number of aromatic nitrogens is 1. The zero-order valence-electron chi connectivity index (χ0n) is 17.9. The van der Waals surface area contributed by atoms with Crippen LogP contribution < -0.4 is 5.56 Å². The lowest BCUT2D eigenvalue weighted by molar-refractivity contribution is 0.107. The molecule has 1 fully saturated rings. The molecule has 4 heterocycles. The van der Waals surface area contributed by atoms with E-state index < -0.39 is 0 Å². The molecule has 5 heteroatoms. The fourth-order valence-corrected chi connectivity index (χ4v) is 5.66. The van der Waals surface area contributed by atoms with Crippen LogP contribution in [0.3, 0.4) is 0 Å². The number of rotatable bonds is 4. The summed E-state index contributed by atoms with van der Waals surface area (Å²) in [5.74, 6) is 2.25. The van der Waals surface area contributed by atoms with Gasteiger partial charge in [-0.05, 0) is 52.9 Å². The number of aliphatic hydroxyl groups is 1. The van der Waals surface area contributed by atoms with Crippen molar-refractivity contribution in [2.24, 2.45) is 5.92 Å². The summed E-state index contributed by atoms with van der Waals surface area (Å²) in [4.78, 5) is 15.2. The molecule has 2 bridgehead atoms. The number of nitrogens with zero attached hydrogens (tertiary/aromatic N) is 2. The average molecular weight is 427 g/mol. The Balaban J connectivity index is 1.37. The van der Waals surface area contributed by atoms with Crippen LogP contribution in [0.1, 0.15) is 29.6 Å². The van der Waals surface area contributed by atoms with Gasteiger partial charge in [0.05, 0.1) is 6.54 Å². The first kappa shape index (κ1) is 19.5. The minimum atomic E-state index is -0.0728. The van der Waals surface area contributed by atoms with Gasteiger partial charge in [0, 0.05) is 42.9 Å². The Morgan fingerprint density at radius 3 is 2.59 bits per heavy atom. The molecule has 2 aliphatic rings. The Morgan fingerprint density at radius 1 is 0.906 bits per heavy atom. The monoisotopic (exact) mass is 426 g/mol. The van der Waals surface area contributed by atoms with Crippen LogP contribution in [0, 0.1) is 5.92 Å². The average Bonchev–Trinajstić information content (AvgIpc) is 3.27. The van der Waals surface area contributed by atoms with Crippen molar-refractivity contribution < 1.29 is 9.52 Å². The number of benzene rings is 2. The number of likely N-dealkylation sites (tertiary alicyclic amines) is 1. The van der Waals surface area contributed by atoms with Crippen LogP contribution in [0.2, 0.25) is 0 Å². The first-order valence-corrected chi connectivity index (χ1v) is 11.3. The van der Waals surface area contributed by atoms with E-state index in [2.05, 4.69) is 47.4 Å². The highest BCUT2D eigenvalue weighted by Crippen LogP contribution is 2.40. The Kier molecular flexibility index (Phi) is 4.74. The zero-order chi connectivity index (χ0) is 21.7. The topological polar surface area (TPSA) is 58.6 Å². The highest BCUT2D eigenvalue weighted by molar-refractivity contribution is 5.87. The van der Waals surface area contributed by atoms with Crippen LogP contribution in [0.25, 0.3) is 21.9 Å². The lowest BCUT2D eigenvalue weighted by atomic mass is 9.80. The maximum atomic E-state index is 12.8. The predicted molar refractivity (Wildman–Crippen MR) is 124 cm³/mol. The van der Waals surface area contributed by atoms with Gasteiger partial charge in [-0.3, -0.25) is 9.69 Å². The fraction of sp³-hybridized carbons (Fsp3) is 0.296. The Hall–Kier alpha value is -3.15. The van der Waals surface area contributed by atoms with Crippen LogP contribution in [0.15, 0.2) is 75.9 Å². The second kappa shape index (κ2) is 7.76. The molecule has 0 aliphatic carbocycles. The molecule has 32 heavy (non-hydrogen) atoms. The fourth-order valence-electron chi connectivity index (χ4n) is 5.66. The number of hydrogen-bond donors (Lipinski definition) is 1. The summed E-state index contributed by atoms with van der Waals surface area (Å²) in [7, 11) is 0. The van der Waals surface area contributed by atoms with Crippen LogP contribution >= 0.6 is 0 Å². The molecule has 0 radical (unpaired) electrons. The van der Waals surface area contributed by atoms with Crippen LogP contribution in [-0.4, -0.2) is 27.7 Å². The molecule has 1 saturated heterocycles. The van der Waals surface area contributed by atoms with Gasteiger partial charge in [0.15, 0.2) is 0 Å². The lowest BCUT2D eigenvalue weighted by Crippen LogP contribution is -2.46. The van der Waals surface area contributed by atoms with E-state index in [1.807, 2.05) is 22.8 Å². The second-order valence-corrected chi connectivity index (χ2v) is 9.16. The van der Waals surface area contributed by atoms with E-state index in [0.717, 1.165) is 38.4 Å². The number of aliphatic hydroxyl groups excluding tert-OH is 1. The largest absolute Gasteiger partial charge is 0.462 e. The van der Waals surface area contributed by atoms with E-state index in [1.54, 1.807) is 6.07 Å². The van der Waals surface area contributed by atoms with Crippen molar-refractivity contribution in [2.75, 3.05) is 13.1 Å². The Bertz CT molecular complexity index is 1350. The van der Waals surface area contributed by atoms with Crippen molar-refractivity contribution in [1.82, 2.24) is 9.47 Å². The summed E-state index contributed by atoms with van der Waals surface area (Å²) < 4.78 is 7.76. The van der Waals surface area contributed by atoms with E-state index in [9.17, 15) is 9.90 Å². The van der Waals surface area contributed by atoms with E-state index in [-0.39, 0.29) is 12.2 Å². The quantitative estimate of drug-likeness (QED) is 0.526. The molecule has 2 unspecified atom stereocenters. The molecule has 2 atom stereocenters. The highest BCUT2D eigenvalue weighted by Gasteiger charge is 2.36. The van der Waals surface area contributed by atoms with E-state index in [4.69, 9.17) is 4.42 Å². The van der Waals surface area contributed by atoms with E-state index in [1.165, 1.54) is 27.6 Å². The molecule has 0 spiro atoms. The van der Waals surface area contributed by atoms with Gasteiger partial charge >= 0.3 is 0 Å². The number of fused-ring (bicyclic) bond motifs is 5. The molecule has 0 amide bonds. The molecular formula is C27H26N2O3. The summed E-state index contributed by atoms with van der Waals surface area (Å²) >= 11 is 0. The molecule has 1 N–H and O–H groups in total. The summed E-state index contributed by atoms with van der Waals surface area (Å²) in [6, 6.07) is 22.5. The third-order valence-corrected chi connectivity index (χ3v) is 6.98. The molecule has 2 aromatic carbocycles. The molecule has 162 valence electrons. The van der Waals surface area contributed by atoms with Gasteiger partial charge in [0.1, 0.15) is 18.1 Å². The first-order chi connectivity index (χ1) is 15.7. The van der Waals surface area contributed by atoms with Gasteiger partial charge in [0.25, 0.3) is 5.56 Å². The van der Waals surface area contributed by atoms with Crippen molar-refractivity contribution in [3.8, 4) is 11.1 Å². The maximum Gasteiger partial charge on any atom is 0.250 e. The van der Waals surface area contributed by atoms with Crippen molar-refractivity contribution in [1.29, 1.82) is 0 Å².